The number of amides is 1. The lowest BCUT2D eigenvalue weighted by Crippen LogP contribution is -2.13. The molecular weight excluding hydrogens is 328 g/mol. The molecule has 0 saturated heterocycles. The number of pyridine rings is 1. The van der Waals surface area contributed by atoms with Crippen LogP contribution in [-0.2, 0) is 4.79 Å². The van der Waals surface area contributed by atoms with Crippen LogP contribution in [0.1, 0.15) is 0 Å². The van der Waals surface area contributed by atoms with E-state index in [0.717, 1.165) is 11.3 Å². The predicted octanol–water partition coefficient (Wildman–Crippen LogP) is 2.87. The fourth-order valence-corrected chi connectivity index (χ4v) is 2.44. The maximum absolute atomic E-state index is 11.9. The van der Waals surface area contributed by atoms with Crippen LogP contribution in [0.25, 0.3) is 11.5 Å². The molecule has 0 bridgehead atoms. The first-order valence-corrected chi connectivity index (χ1v) is 8.04. The molecule has 0 aliphatic rings. The van der Waals surface area contributed by atoms with Crippen LogP contribution in [0.2, 0.25) is 0 Å². The average molecular weight is 342 g/mol. The lowest BCUT2D eigenvalue weighted by atomic mass is 10.2. The number of nitrogens with zero attached hydrogens (tertiary/aromatic N) is 3. The number of thioether (sulfide) groups is 1. The molecule has 0 radical (unpaired) electrons. The standard InChI is InChI=1S/C16H14N4O3S/c1-22-13-6-4-11(5-7-13)15-19-20-16(23-15)24-10-14(21)18-12-3-2-8-17-9-12/h2-9H,10H2,1H3,(H,18,21). The molecule has 0 unspecified atom stereocenters. The van der Waals surface area contributed by atoms with E-state index in [0.29, 0.717) is 16.8 Å². The number of rotatable bonds is 6. The van der Waals surface area contributed by atoms with E-state index in [4.69, 9.17) is 9.15 Å². The largest absolute Gasteiger partial charge is 0.497 e. The molecule has 2 heterocycles. The van der Waals surface area contributed by atoms with Crippen molar-refractivity contribution in [2.24, 2.45) is 0 Å². The molecule has 0 fully saturated rings. The predicted molar refractivity (Wildman–Crippen MR) is 89.9 cm³/mol. The number of hydrogen-bond acceptors (Lipinski definition) is 7. The summed E-state index contributed by atoms with van der Waals surface area (Å²) >= 11 is 1.17. The van der Waals surface area contributed by atoms with Gasteiger partial charge in [0.15, 0.2) is 0 Å². The number of hydrogen-bond donors (Lipinski definition) is 1. The maximum atomic E-state index is 11.9. The molecule has 1 N–H and O–H groups in total. The summed E-state index contributed by atoms with van der Waals surface area (Å²) in [6, 6.07) is 10.8. The van der Waals surface area contributed by atoms with E-state index in [2.05, 4.69) is 20.5 Å². The van der Waals surface area contributed by atoms with Crippen LogP contribution in [0.15, 0.2) is 58.4 Å². The van der Waals surface area contributed by atoms with Gasteiger partial charge in [-0.1, -0.05) is 11.8 Å². The van der Waals surface area contributed by atoms with Gasteiger partial charge in [-0.2, -0.15) is 0 Å². The Bertz CT molecular complexity index is 806. The number of methoxy groups -OCH3 is 1. The summed E-state index contributed by atoms with van der Waals surface area (Å²) in [5, 5.41) is 11.0. The van der Waals surface area contributed by atoms with Crippen LogP contribution in [0.5, 0.6) is 5.75 Å². The molecule has 3 rings (SSSR count). The SMILES string of the molecule is COc1ccc(-c2nnc(SCC(=O)Nc3cccnc3)o2)cc1. The Morgan fingerprint density at radius 1 is 1.25 bits per heavy atom. The Kier molecular flexibility index (Phi) is 5.07. The van der Waals surface area contributed by atoms with E-state index >= 15 is 0 Å². The quantitative estimate of drug-likeness (QED) is 0.689. The first kappa shape index (κ1) is 16.0. The molecule has 1 aromatic carbocycles. The first-order valence-electron chi connectivity index (χ1n) is 7.05. The van der Waals surface area contributed by atoms with Gasteiger partial charge in [0.1, 0.15) is 5.75 Å². The van der Waals surface area contributed by atoms with Crippen molar-refractivity contribution in [2.75, 3.05) is 18.2 Å². The highest BCUT2D eigenvalue weighted by molar-refractivity contribution is 7.99. The van der Waals surface area contributed by atoms with Gasteiger partial charge < -0.3 is 14.5 Å². The number of anilines is 1. The highest BCUT2D eigenvalue weighted by atomic mass is 32.2. The minimum Gasteiger partial charge on any atom is -0.497 e. The van der Waals surface area contributed by atoms with Gasteiger partial charge in [-0.3, -0.25) is 9.78 Å². The molecule has 0 aliphatic heterocycles. The van der Waals surface area contributed by atoms with Crippen LogP contribution >= 0.6 is 11.8 Å². The van der Waals surface area contributed by atoms with Crippen LogP contribution in [0.4, 0.5) is 5.69 Å². The Balaban J connectivity index is 1.56. The minimum atomic E-state index is -0.169. The zero-order valence-electron chi connectivity index (χ0n) is 12.8. The van der Waals surface area contributed by atoms with Crippen LogP contribution < -0.4 is 10.1 Å². The van der Waals surface area contributed by atoms with Gasteiger partial charge in [-0.15, -0.1) is 10.2 Å². The van der Waals surface area contributed by atoms with Gasteiger partial charge in [-0.05, 0) is 36.4 Å². The van der Waals surface area contributed by atoms with E-state index in [1.54, 1.807) is 31.6 Å². The molecule has 122 valence electrons. The molecule has 24 heavy (non-hydrogen) atoms. The van der Waals surface area contributed by atoms with E-state index in [1.807, 2.05) is 24.3 Å². The van der Waals surface area contributed by atoms with Crippen molar-refractivity contribution in [1.82, 2.24) is 15.2 Å². The Morgan fingerprint density at radius 2 is 2.08 bits per heavy atom. The average Bonchev–Trinajstić information content (AvgIpc) is 3.10. The number of benzene rings is 1. The summed E-state index contributed by atoms with van der Waals surface area (Å²) in [4.78, 5) is 15.8. The highest BCUT2D eigenvalue weighted by Crippen LogP contribution is 2.24. The molecular formula is C16H14N4O3S. The molecule has 3 aromatic rings. The van der Waals surface area contributed by atoms with E-state index in [1.165, 1.54) is 11.8 Å². The van der Waals surface area contributed by atoms with Crippen LogP contribution in [-0.4, -0.2) is 34.0 Å². The van der Waals surface area contributed by atoms with Gasteiger partial charge in [0.25, 0.3) is 5.22 Å². The van der Waals surface area contributed by atoms with Crippen molar-refractivity contribution < 1.29 is 13.9 Å². The topological polar surface area (TPSA) is 90.1 Å². The molecule has 0 aliphatic carbocycles. The van der Waals surface area contributed by atoms with Crippen LogP contribution in [0.3, 0.4) is 0 Å². The van der Waals surface area contributed by atoms with Gasteiger partial charge in [0, 0.05) is 11.8 Å². The Labute approximate surface area is 142 Å². The summed E-state index contributed by atoms with van der Waals surface area (Å²) in [5.74, 6) is 1.14. The van der Waals surface area contributed by atoms with Crippen molar-refractivity contribution in [1.29, 1.82) is 0 Å². The lowest BCUT2D eigenvalue weighted by molar-refractivity contribution is -0.113. The molecule has 7 nitrogen and oxygen atoms in total. The third-order valence-electron chi connectivity index (χ3n) is 3.02. The summed E-state index contributed by atoms with van der Waals surface area (Å²) in [6.45, 7) is 0. The number of carbonyl (C=O) groups excluding carboxylic acids is 1. The molecule has 1 amide bonds. The molecule has 0 spiro atoms. The van der Waals surface area contributed by atoms with Crippen LogP contribution in [0, 0.1) is 0 Å². The first-order chi connectivity index (χ1) is 11.7. The molecule has 2 aromatic heterocycles. The van der Waals surface area contributed by atoms with Crippen molar-refractivity contribution in [3.63, 3.8) is 0 Å². The van der Waals surface area contributed by atoms with Crippen molar-refractivity contribution in [2.45, 2.75) is 5.22 Å². The van der Waals surface area contributed by atoms with Gasteiger partial charge in [0.05, 0.1) is 24.7 Å². The molecule has 0 atom stereocenters. The van der Waals surface area contributed by atoms with Gasteiger partial charge in [-0.25, -0.2) is 0 Å². The smallest absolute Gasteiger partial charge is 0.277 e. The van der Waals surface area contributed by atoms with Gasteiger partial charge >= 0.3 is 0 Å². The monoisotopic (exact) mass is 342 g/mol. The maximum Gasteiger partial charge on any atom is 0.277 e. The second-order valence-corrected chi connectivity index (χ2v) is 5.61. The highest BCUT2D eigenvalue weighted by Gasteiger charge is 2.11. The van der Waals surface area contributed by atoms with Crippen molar-refractivity contribution in [3.05, 3.63) is 48.8 Å². The fraction of sp³-hybridized carbons (Fsp3) is 0.125. The van der Waals surface area contributed by atoms with E-state index < -0.39 is 0 Å². The van der Waals surface area contributed by atoms with E-state index in [-0.39, 0.29) is 11.7 Å². The normalized spacial score (nSPS) is 10.4. The van der Waals surface area contributed by atoms with Crippen molar-refractivity contribution >= 4 is 23.4 Å². The summed E-state index contributed by atoms with van der Waals surface area (Å²) in [6.07, 6.45) is 3.22. The molecule has 8 heteroatoms. The second kappa shape index (κ2) is 7.60. The number of aromatic nitrogens is 3. The number of nitrogens with one attached hydrogen (secondary N) is 1. The summed E-state index contributed by atoms with van der Waals surface area (Å²) < 4.78 is 10.7. The Morgan fingerprint density at radius 3 is 2.79 bits per heavy atom. The third-order valence-corrected chi connectivity index (χ3v) is 3.83. The second-order valence-electron chi connectivity index (χ2n) is 4.68. The summed E-state index contributed by atoms with van der Waals surface area (Å²) in [5.41, 5.74) is 1.43. The zero-order valence-corrected chi connectivity index (χ0v) is 13.6. The third kappa shape index (κ3) is 4.11. The van der Waals surface area contributed by atoms with Crippen molar-refractivity contribution in [3.8, 4) is 17.2 Å². The van der Waals surface area contributed by atoms with E-state index in [9.17, 15) is 4.79 Å². The van der Waals surface area contributed by atoms with Gasteiger partial charge in [0.2, 0.25) is 11.8 Å². The zero-order chi connectivity index (χ0) is 16.8. The Hall–Kier alpha value is -2.87. The minimum absolute atomic E-state index is 0.166. The number of carbonyl (C=O) groups is 1. The molecule has 0 saturated carbocycles. The fourth-order valence-electron chi connectivity index (χ4n) is 1.88. The summed E-state index contributed by atoms with van der Waals surface area (Å²) in [7, 11) is 1.60. The number of ether oxygens (including phenoxy) is 1. The lowest BCUT2D eigenvalue weighted by Gasteiger charge is -2.02.